The average molecular weight is 393 g/mol. The number of rotatable bonds is 4. The van der Waals surface area contributed by atoms with Crippen LogP contribution in [0.3, 0.4) is 0 Å². The van der Waals surface area contributed by atoms with E-state index in [9.17, 15) is 9.90 Å². The van der Waals surface area contributed by atoms with E-state index in [4.69, 9.17) is 9.47 Å². The first-order valence-electron chi connectivity index (χ1n) is 10.3. The van der Waals surface area contributed by atoms with Crippen molar-refractivity contribution >= 4 is 11.9 Å². The van der Waals surface area contributed by atoms with Gasteiger partial charge in [0.05, 0.1) is 25.4 Å². The van der Waals surface area contributed by atoms with Crippen LogP contribution in [0, 0.1) is 0 Å². The van der Waals surface area contributed by atoms with Crippen molar-refractivity contribution in [2.75, 3.05) is 25.1 Å². The SMILES string of the molecule is COc1nc(N2C[C@@H](C)O[C@@H](C)C2)ncc1C(=O)N[C@@H]1CCCC[C@H](O)CC1. The molecule has 2 aliphatic rings. The number of ether oxygens (including phenoxy) is 2. The number of nitrogens with zero attached hydrogens (tertiary/aromatic N) is 3. The number of hydrogen-bond donors (Lipinski definition) is 2. The molecule has 28 heavy (non-hydrogen) atoms. The zero-order valence-corrected chi connectivity index (χ0v) is 17.1. The molecule has 0 bridgehead atoms. The fourth-order valence-corrected chi connectivity index (χ4v) is 4.02. The summed E-state index contributed by atoms with van der Waals surface area (Å²) in [6, 6.07) is 0.0489. The maximum atomic E-state index is 12.8. The molecule has 4 atom stereocenters. The van der Waals surface area contributed by atoms with E-state index >= 15 is 0 Å². The standard InChI is InChI=1S/C20H32N4O4/c1-13-11-24(12-14(2)28-13)20-21-10-17(19(23-20)27-3)18(26)22-15-6-4-5-7-16(25)9-8-15/h10,13-16,25H,4-9,11-12H2,1-3H3,(H,22,26)/t13-,14+,15-,16+/m1/s1. The lowest BCUT2D eigenvalue weighted by molar-refractivity contribution is -0.00576. The fourth-order valence-electron chi connectivity index (χ4n) is 4.02. The van der Waals surface area contributed by atoms with E-state index in [1.54, 1.807) is 6.20 Å². The van der Waals surface area contributed by atoms with Crippen LogP contribution in [0.2, 0.25) is 0 Å². The van der Waals surface area contributed by atoms with Crippen molar-refractivity contribution in [3.63, 3.8) is 0 Å². The molecular formula is C20H32N4O4. The summed E-state index contributed by atoms with van der Waals surface area (Å²) in [7, 11) is 1.51. The quantitative estimate of drug-likeness (QED) is 0.808. The normalized spacial score (nSPS) is 28.9. The number of methoxy groups -OCH3 is 1. The van der Waals surface area contributed by atoms with Gasteiger partial charge < -0.3 is 24.8 Å². The second kappa shape index (κ2) is 9.52. The zero-order chi connectivity index (χ0) is 20.1. The highest BCUT2D eigenvalue weighted by molar-refractivity contribution is 5.96. The average Bonchev–Trinajstić information content (AvgIpc) is 2.66. The molecule has 1 aromatic rings. The molecule has 2 heterocycles. The van der Waals surface area contributed by atoms with Gasteiger partial charge in [0.2, 0.25) is 11.8 Å². The summed E-state index contributed by atoms with van der Waals surface area (Å²) in [6.45, 7) is 5.44. The third-order valence-electron chi connectivity index (χ3n) is 5.41. The number of nitrogens with one attached hydrogen (secondary N) is 1. The summed E-state index contributed by atoms with van der Waals surface area (Å²) in [6.07, 6.45) is 6.71. The number of anilines is 1. The maximum absolute atomic E-state index is 12.8. The molecule has 8 nitrogen and oxygen atoms in total. The number of aromatic nitrogens is 2. The lowest BCUT2D eigenvalue weighted by atomic mass is 9.95. The number of amides is 1. The minimum atomic E-state index is -0.268. The first-order valence-corrected chi connectivity index (χ1v) is 10.3. The molecule has 1 aliphatic heterocycles. The molecule has 0 spiro atoms. The molecule has 8 heteroatoms. The Hall–Kier alpha value is -1.93. The van der Waals surface area contributed by atoms with Gasteiger partial charge in [-0.15, -0.1) is 0 Å². The van der Waals surface area contributed by atoms with Crippen LogP contribution in [0.15, 0.2) is 6.20 Å². The third-order valence-corrected chi connectivity index (χ3v) is 5.41. The minimum Gasteiger partial charge on any atom is -0.480 e. The van der Waals surface area contributed by atoms with Crippen molar-refractivity contribution in [2.45, 2.75) is 76.7 Å². The van der Waals surface area contributed by atoms with Gasteiger partial charge in [0.25, 0.3) is 5.91 Å². The predicted octanol–water partition coefficient (Wildman–Crippen LogP) is 1.91. The molecule has 0 radical (unpaired) electrons. The molecule has 1 saturated carbocycles. The Morgan fingerprint density at radius 3 is 2.64 bits per heavy atom. The highest BCUT2D eigenvalue weighted by Gasteiger charge is 2.26. The first kappa shape index (κ1) is 20.8. The number of carbonyl (C=O) groups excluding carboxylic acids is 1. The van der Waals surface area contributed by atoms with E-state index in [1.807, 2.05) is 13.8 Å². The van der Waals surface area contributed by atoms with Crippen LogP contribution in [-0.4, -0.2) is 65.5 Å². The summed E-state index contributed by atoms with van der Waals surface area (Å²) in [5.74, 6) is 0.594. The lowest BCUT2D eigenvalue weighted by Crippen LogP contribution is -2.46. The Labute approximate surface area is 166 Å². The number of carbonyl (C=O) groups is 1. The number of morpholine rings is 1. The van der Waals surface area contributed by atoms with Crippen molar-refractivity contribution in [1.29, 1.82) is 0 Å². The highest BCUT2D eigenvalue weighted by Crippen LogP contribution is 2.23. The summed E-state index contributed by atoms with van der Waals surface area (Å²) < 4.78 is 11.1. The van der Waals surface area contributed by atoms with E-state index < -0.39 is 0 Å². The maximum Gasteiger partial charge on any atom is 0.258 e. The molecule has 2 N–H and O–H groups in total. The van der Waals surface area contributed by atoms with Crippen LogP contribution in [0.5, 0.6) is 5.88 Å². The highest BCUT2D eigenvalue weighted by atomic mass is 16.5. The van der Waals surface area contributed by atoms with Gasteiger partial charge in [0.1, 0.15) is 5.56 Å². The van der Waals surface area contributed by atoms with Gasteiger partial charge >= 0.3 is 0 Å². The van der Waals surface area contributed by atoms with Crippen molar-refractivity contribution in [3.8, 4) is 5.88 Å². The molecule has 3 rings (SSSR count). The fraction of sp³-hybridized carbons (Fsp3) is 0.750. The van der Waals surface area contributed by atoms with Crippen LogP contribution in [0.1, 0.15) is 62.7 Å². The molecule has 156 valence electrons. The third kappa shape index (κ3) is 5.32. The Morgan fingerprint density at radius 2 is 1.93 bits per heavy atom. The van der Waals surface area contributed by atoms with Gasteiger partial charge in [0.15, 0.2) is 0 Å². The van der Waals surface area contributed by atoms with E-state index in [0.29, 0.717) is 31.0 Å². The van der Waals surface area contributed by atoms with E-state index in [1.165, 1.54) is 7.11 Å². The minimum absolute atomic E-state index is 0.0489. The van der Waals surface area contributed by atoms with Crippen LogP contribution < -0.4 is 15.0 Å². The van der Waals surface area contributed by atoms with Gasteiger partial charge in [-0.25, -0.2) is 4.98 Å². The van der Waals surface area contributed by atoms with Gasteiger partial charge in [-0.1, -0.05) is 12.8 Å². The monoisotopic (exact) mass is 392 g/mol. The summed E-state index contributed by atoms with van der Waals surface area (Å²) >= 11 is 0. The summed E-state index contributed by atoms with van der Waals surface area (Å²) in [4.78, 5) is 23.7. The zero-order valence-electron chi connectivity index (χ0n) is 17.1. The molecule has 0 aromatic carbocycles. The van der Waals surface area contributed by atoms with Gasteiger partial charge in [-0.05, 0) is 39.5 Å². The number of aliphatic hydroxyl groups is 1. The second-order valence-corrected chi connectivity index (χ2v) is 7.94. The Morgan fingerprint density at radius 1 is 1.21 bits per heavy atom. The summed E-state index contributed by atoms with van der Waals surface area (Å²) in [5.41, 5.74) is 0.336. The molecule has 1 aromatic heterocycles. The molecular weight excluding hydrogens is 360 g/mol. The van der Waals surface area contributed by atoms with Crippen LogP contribution in [0.25, 0.3) is 0 Å². The number of hydrogen-bond acceptors (Lipinski definition) is 7. The second-order valence-electron chi connectivity index (χ2n) is 7.94. The van der Waals surface area contributed by atoms with Crippen molar-refractivity contribution in [3.05, 3.63) is 11.8 Å². The van der Waals surface area contributed by atoms with Gasteiger partial charge in [0, 0.05) is 25.3 Å². The lowest BCUT2D eigenvalue weighted by Gasteiger charge is -2.35. The van der Waals surface area contributed by atoms with Gasteiger partial charge in [-0.3, -0.25) is 4.79 Å². The van der Waals surface area contributed by atoms with Crippen LogP contribution in [0.4, 0.5) is 5.95 Å². The smallest absolute Gasteiger partial charge is 0.258 e. The van der Waals surface area contributed by atoms with E-state index in [0.717, 1.165) is 32.1 Å². The van der Waals surface area contributed by atoms with Crippen molar-refractivity contribution < 1.29 is 19.4 Å². The molecule has 1 aliphatic carbocycles. The first-order chi connectivity index (χ1) is 13.5. The topological polar surface area (TPSA) is 96.8 Å². The molecule has 1 amide bonds. The number of aliphatic hydroxyl groups excluding tert-OH is 1. The van der Waals surface area contributed by atoms with E-state index in [2.05, 4.69) is 20.2 Å². The summed E-state index contributed by atoms with van der Waals surface area (Å²) in [5, 5.41) is 13.0. The Balaban J connectivity index is 1.70. The van der Waals surface area contributed by atoms with Crippen LogP contribution >= 0.6 is 0 Å². The molecule has 1 saturated heterocycles. The molecule has 0 unspecified atom stereocenters. The van der Waals surface area contributed by atoms with Crippen molar-refractivity contribution in [1.82, 2.24) is 15.3 Å². The molecule has 2 fully saturated rings. The predicted molar refractivity (Wildman–Crippen MR) is 106 cm³/mol. The van der Waals surface area contributed by atoms with Crippen LogP contribution in [-0.2, 0) is 4.74 Å². The Bertz CT molecular complexity index is 662. The van der Waals surface area contributed by atoms with E-state index in [-0.39, 0.29) is 36.1 Å². The largest absolute Gasteiger partial charge is 0.480 e. The Kier molecular flexibility index (Phi) is 7.07. The van der Waals surface area contributed by atoms with Crippen molar-refractivity contribution in [2.24, 2.45) is 0 Å². The van der Waals surface area contributed by atoms with Gasteiger partial charge in [-0.2, -0.15) is 4.98 Å².